The maximum Gasteiger partial charge on any atom is 0.130 e. The molecule has 3 rings (SSSR count). The number of nitrogens with two attached hydrogens (primary N) is 1. The van der Waals surface area contributed by atoms with Gasteiger partial charge < -0.3 is 10.3 Å². The molecule has 21 heavy (non-hydrogen) atoms. The van der Waals surface area contributed by atoms with Crippen molar-refractivity contribution in [3.63, 3.8) is 0 Å². The molecule has 2 aromatic carbocycles. The highest BCUT2D eigenvalue weighted by molar-refractivity contribution is 5.26. The quantitative estimate of drug-likeness (QED) is 0.798. The van der Waals surface area contributed by atoms with Crippen LogP contribution in [0.3, 0.4) is 0 Å². The van der Waals surface area contributed by atoms with E-state index in [1.54, 1.807) is 18.3 Å². The van der Waals surface area contributed by atoms with Gasteiger partial charge in [-0.3, -0.25) is 0 Å². The lowest BCUT2D eigenvalue weighted by molar-refractivity contribution is 0.624. The molecule has 1 atom stereocenters. The molecule has 1 aromatic heterocycles. The van der Waals surface area contributed by atoms with E-state index < -0.39 is 0 Å². The van der Waals surface area contributed by atoms with Gasteiger partial charge in [0.25, 0.3) is 0 Å². The van der Waals surface area contributed by atoms with Crippen LogP contribution in [0.5, 0.6) is 0 Å². The molecule has 4 heteroatoms. The summed E-state index contributed by atoms with van der Waals surface area (Å²) in [5.74, 6) is 0.504. The van der Waals surface area contributed by atoms with Gasteiger partial charge in [0.05, 0.1) is 6.04 Å². The lowest BCUT2D eigenvalue weighted by atomic mass is 10.1. The molecule has 0 aliphatic carbocycles. The molecule has 3 aromatic rings. The first-order valence-corrected chi connectivity index (χ1v) is 6.80. The average Bonchev–Trinajstić information content (AvgIpc) is 2.96. The highest BCUT2D eigenvalue weighted by atomic mass is 19.1. The Labute approximate surface area is 122 Å². The van der Waals surface area contributed by atoms with Crippen molar-refractivity contribution >= 4 is 0 Å². The summed E-state index contributed by atoms with van der Waals surface area (Å²) in [6.07, 6.45) is 3.65. The maximum absolute atomic E-state index is 13.0. The molecule has 0 spiro atoms. The molecule has 0 aliphatic rings. The standard InChI is InChI=1S/C17H16FN3/c18-15-8-6-14(7-9-15)16(19)17-20-10-11-21(17)12-13-4-2-1-3-5-13/h1-11,16H,12,19H2. The van der Waals surface area contributed by atoms with Crippen LogP contribution in [0.25, 0.3) is 0 Å². The highest BCUT2D eigenvalue weighted by Gasteiger charge is 2.14. The molecule has 1 unspecified atom stereocenters. The molecule has 0 saturated carbocycles. The molecule has 0 fully saturated rings. The smallest absolute Gasteiger partial charge is 0.130 e. The molecule has 2 N–H and O–H groups in total. The SMILES string of the molecule is NC(c1ccc(F)cc1)c1nccn1Cc1ccccc1. The van der Waals surface area contributed by atoms with Gasteiger partial charge in [0, 0.05) is 18.9 Å². The van der Waals surface area contributed by atoms with Crippen LogP contribution in [0, 0.1) is 5.82 Å². The van der Waals surface area contributed by atoms with Gasteiger partial charge in [-0.1, -0.05) is 42.5 Å². The first-order valence-electron chi connectivity index (χ1n) is 6.80. The van der Waals surface area contributed by atoms with Gasteiger partial charge >= 0.3 is 0 Å². The zero-order chi connectivity index (χ0) is 14.7. The molecule has 3 nitrogen and oxygen atoms in total. The van der Waals surface area contributed by atoms with Crippen LogP contribution in [0.2, 0.25) is 0 Å². The summed E-state index contributed by atoms with van der Waals surface area (Å²) >= 11 is 0. The fourth-order valence-corrected chi connectivity index (χ4v) is 2.33. The van der Waals surface area contributed by atoms with Gasteiger partial charge in [-0.25, -0.2) is 9.37 Å². The van der Waals surface area contributed by atoms with Crippen molar-refractivity contribution in [3.8, 4) is 0 Å². The molecule has 0 amide bonds. The number of hydrogen-bond donors (Lipinski definition) is 1. The van der Waals surface area contributed by atoms with E-state index in [0.29, 0.717) is 6.54 Å². The Kier molecular flexibility index (Phi) is 3.79. The Bertz CT molecular complexity index is 704. The van der Waals surface area contributed by atoms with E-state index in [-0.39, 0.29) is 11.9 Å². The van der Waals surface area contributed by atoms with Crippen molar-refractivity contribution in [2.24, 2.45) is 5.73 Å². The Morgan fingerprint density at radius 3 is 2.48 bits per heavy atom. The topological polar surface area (TPSA) is 43.8 Å². The molecule has 0 bridgehead atoms. The second-order valence-electron chi connectivity index (χ2n) is 4.93. The van der Waals surface area contributed by atoms with E-state index in [2.05, 4.69) is 17.1 Å². The largest absolute Gasteiger partial charge is 0.329 e. The van der Waals surface area contributed by atoms with Gasteiger partial charge in [0.1, 0.15) is 11.6 Å². The fourth-order valence-electron chi connectivity index (χ4n) is 2.33. The van der Waals surface area contributed by atoms with Crippen LogP contribution in [-0.2, 0) is 6.54 Å². The van der Waals surface area contributed by atoms with E-state index in [4.69, 9.17) is 5.73 Å². The molecule has 0 radical (unpaired) electrons. The lowest BCUT2D eigenvalue weighted by Crippen LogP contribution is -2.18. The summed E-state index contributed by atoms with van der Waals surface area (Å²) in [4.78, 5) is 4.36. The van der Waals surface area contributed by atoms with E-state index in [1.165, 1.54) is 17.7 Å². The van der Waals surface area contributed by atoms with Crippen molar-refractivity contribution in [1.29, 1.82) is 0 Å². The zero-order valence-electron chi connectivity index (χ0n) is 11.5. The van der Waals surface area contributed by atoms with Crippen molar-refractivity contribution in [2.75, 3.05) is 0 Å². The van der Waals surface area contributed by atoms with Gasteiger partial charge in [0.2, 0.25) is 0 Å². The fraction of sp³-hybridized carbons (Fsp3) is 0.118. The van der Waals surface area contributed by atoms with Crippen LogP contribution in [0.1, 0.15) is 23.0 Å². The number of hydrogen-bond acceptors (Lipinski definition) is 2. The third-order valence-corrected chi connectivity index (χ3v) is 3.45. The van der Waals surface area contributed by atoms with E-state index in [1.807, 2.05) is 29.0 Å². The predicted molar refractivity (Wildman–Crippen MR) is 80.2 cm³/mol. The number of benzene rings is 2. The minimum Gasteiger partial charge on any atom is -0.329 e. The second kappa shape index (κ2) is 5.89. The van der Waals surface area contributed by atoms with Crippen molar-refractivity contribution in [2.45, 2.75) is 12.6 Å². The molecule has 106 valence electrons. The maximum atomic E-state index is 13.0. The summed E-state index contributed by atoms with van der Waals surface area (Å²) in [6, 6.07) is 16.0. The van der Waals surface area contributed by atoms with Gasteiger partial charge in [0.15, 0.2) is 0 Å². The third kappa shape index (κ3) is 3.01. The number of aromatic nitrogens is 2. The number of imidazole rings is 1. The molecular weight excluding hydrogens is 265 g/mol. The molecule has 0 saturated heterocycles. The first kappa shape index (κ1) is 13.5. The van der Waals surface area contributed by atoms with E-state index in [9.17, 15) is 4.39 Å². The van der Waals surface area contributed by atoms with Crippen LogP contribution < -0.4 is 5.73 Å². The number of rotatable bonds is 4. The Hall–Kier alpha value is -2.46. The number of halogens is 1. The normalized spacial score (nSPS) is 12.3. The summed E-state index contributed by atoms with van der Waals surface area (Å²) in [6.45, 7) is 0.713. The first-order chi connectivity index (χ1) is 10.2. The minimum absolute atomic E-state index is 0.265. The summed E-state index contributed by atoms with van der Waals surface area (Å²) in [5, 5.41) is 0. The van der Waals surface area contributed by atoms with Crippen molar-refractivity contribution in [1.82, 2.24) is 9.55 Å². The molecule has 1 heterocycles. The Morgan fingerprint density at radius 1 is 1.05 bits per heavy atom. The van der Waals surface area contributed by atoms with Crippen molar-refractivity contribution in [3.05, 3.63) is 89.8 Å². The minimum atomic E-state index is -0.371. The van der Waals surface area contributed by atoms with Gasteiger partial charge in [-0.2, -0.15) is 0 Å². The lowest BCUT2D eigenvalue weighted by Gasteiger charge is -2.14. The zero-order valence-corrected chi connectivity index (χ0v) is 11.5. The van der Waals surface area contributed by atoms with Crippen LogP contribution in [0.4, 0.5) is 4.39 Å². The summed E-state index contributed by atoms with van der Waals surface area (Å²) in [7, 11) is 0. The molecule has 0 aliphatic heterocycles. The highest BCUT2D eigenvalue weighted by Crippen LogP contribution is 2.19. The van der Waals surface area contributed by atoms with E-state index >= 15 is 0 Å². The summed E-state index contributed by atoms with van der Waals surface area (Å²) < 4.78 is 15.0. The van der Waals surface area contributed by atoms with Crippen molar-refractivity contribution < 1.29 is 4.39 Å². The van der Waals surface area contributed by atoms with Crippen LogP contribution in [0.15, 0.2) is 67.0 Å². The summed E-state index contributed by atoms with van der Waals surface area (Å²) in [5.41, 5.74) is 8.29. The van der Waals surface area contributed by atoms with Crippen LogP contribution >= 0.6 is 0 Å². The molecular formula is C17H16FN3. The van der Waals surface area contributed by atoms with Crippen LogP contribution in [-0.4, -0.2) is 9.55 Å². The third-order valence-electron chi connectivity index (χ3n) is 3.45. The number of nitrogens with zero attached hydrogens (tertiary/aromatic N) is 2. The monoisotopic (exact) mass is 281 g/mol. The van der Waals surface area contributed by atoms with E-state index in [0.717, 1.165) is 11.4 Å². The Balaban J connectivity index is 1.86. The predicted octanol–water partition coefficient (Wildman–Crippen LogP) is 3.12. The van der Waals surface area contributed by atoms with Gasteiger partial charge in [-0.05, 0) is 23.3 Å². The van der Waals surface area contributed by atoms with Gasteiger partial charge in [-0.15, -0.1) is 0 Å². The Morgan fingerprint density at radius 2 is 1.76 bits per heavy atom. The average molecular weight is 281 g/mol. The second-order valence-corrected chi connectivity index (χ2v) is 4.93.